The van der Waals surface area contributed by atoms with E-state index in [9.17, 15) is 14.4 Å². The van der Waals surface area contributed by atoms with E-state index in [1.165, 1.54) is 7.11 Å². The highest BCUT2D eigenvalue weighted by Gasteiger charge is 2.27. The van der Waals surface area contributed by atoms with Crippen molar-refractivity contribution in [2.75, 3.05) is 7.11 Å². The van der Waals surface area contributed by atoms with Gasteiger partial charge in [0.05, 0.1) is 23.4 Å². The first kappa shape index (κ1) is 29.2. The third kappa shape index (κ3) is 18.7. The zero-order chi connectivity index (χ0) is 22.1. The molecule has 0 fully saturated rings. The number of carboxylic acid groups (broad SMARTS) is 1. The molecule has 0 heterocycles. The quantitative estimate of drug-likeness (QED) is 0.616. The van der Waals surface area contributed by atoms with E-state index in [1.807, 2.05) is 62.3 Å². The van der Waals surface area contributed by atoms with Gasteiger partial charge in [-0.2, -0.15) is 0 Å². The lowest BCUT2D eigenvalue weighted by Crippen LogP contribution is -2.31. The SMILES string of the molecule is CC(C)(C)C(=O)O.CC(C)(C)OC(=O)C(C)(C)C.COC(=O)C(C)(C)C. The highest BCUT2D eigenvalue weighted by molar-refractivity contribution is 5.76. The van der Waals surface area contributed by atoms with Crippen molar-refractivity contribution in [2.45, 2.75) is 88.7 Å². The monoisotopic (exact) mass is 376 g/mol. The molecule has 6 heteroatoms. The largest absolute Gasteiger partial charge is 0.481 e. The number of carboxylic acids is 1. The van der Waals surface area contributed by atoms with Crippen molar-refractivity contribution >= 4 is 17.9 Å². The van der Waals surface area contributed by atoms with Crippen LogP contribution in [0.2, 0.25) is 0 Å². The number of ether oxygens (including phenoxy) is 2. The summed E-state index contributed by atoms with van der Waals surface area (Å²) in [4.78, 5) is 31.9. The predicted molar refractivity (Wildman–Crippen MR) is 104 cm³/mol. The van der Waals surface area contributed by atoms with Crippen LogP contribution in [0.25, 0.3) is 0 Å². The summed E-state index contributed by atoms with van der Waals surface area (Å²) in [5.74, 6) is -1.07. The molecule has 0 aromatic heterocycles. The van der Waals surface area contributed by atoms with Crippen LogP contribution in [-0.4, -0.2) is 35.7 Å². The van der Waals surface area contributed by atoms with Crippen LogP contribution in [0, 0.1) is 16.2 Å². The van der Waals surface area contributed by atoms with Crippen molar-refractivity contribution in [3.05, 3.63) is 0 Å². The van der Waals surface area contributed by atoms with E-state index >= 15 is 0 Å². The topological polar surface area (TPSA) is 89.9 Å². The summed E-state index contributed by atoms with van der Waals surface area (Å²) in [6.45, 7) is 21.6. The minimum atomic E-state index is -0.757. The van der Waals surface area contributed by atoms with Crippen molar-refractivity contribution in [1.82, 2.24) is 0 Å². The summed E-state index contributed by atoms with van der Waals surface area (Å²) in [7, 11) is 1.40. The van der Waals surface area contributed by atoms with Gasteiger partial charge in [0.15, 0.2) is 0 Å². The van der Waals surface area contributed by atoms with Crippen LogP contribution in [0.3, 0.4) is 0 Å². The third-order valence-corrected chi connectivity index (χ3v) is 2.45. The Hall–Kier alpha value is -1.59. The van der Waals surface area contributed by atoms with Gasteiger partial charge in [0, 0.05) is 0 Å². The normalized spacial score (nSPS) is 11.9. The van der Waals surface area contributed by atoms with Gasteiger partial charge >= 0.3 is 17.9 Å². The van der Waals surface area contributed by atoms with Gasteiger partial charge in [-0.1, -0.05) is 0 Å². The van der Waals surface area contributed by atoms with E-state index in [2.05, 4.69) is 4.74 Å². The fourth-order valence-corrected chi connectivity index (χ4v) is 0.737. The summed E-state index contributed by atoms with van der Waals surface area (Å²) in [5.41, 5.74) is -1.70. The highest BCUT2D eigenvalue weighted by atomic mass is 16.6. The fourth-order valence-electron chi connectivity index (χ4n) is 0.737. The van der Waals surface area contributed by atoms with Gasteiger partial charge in [-0.15, -0.1) is 0 Å². The van der Waals surface area contributed by atoms with Gasteiger partial charge < -0.3 is 14.6 Å². The van der Waals surface area contributed by atoms with E-state index in [0.29, 0.717) is 0 Å². The lowest BCUT2D eigenvalue weighted by Gasteiger charge is -2.25. The molecule has 0 saturated heterocycles. The highest BCUT2D eigenvalue weighted by Crippen LogP contribution is 2.19. The Bertz CT molecular complexity index is 451. The number of methoxy groups -OCH3 is 1. The average Bonchev–Trinajstić information content (AvgIpc) is 2.33. The molecule has 0 atom stereocenters. The van der Waals surface area contributed by atoms with Crippen molar-refractivity contribution in [3.63, 3.8) is 0 Å². The zero-order valence-corrected chi connectivity index (χ0v) is 19.0. The molecule has 156 valence electrons. The molecule has 26 heavy (non-hydrogen) atoms. The summed E-state index contributed by atoms with van der Waals surface area (Å²) in [6.07, 6.45) is 0. The van der Waals surface area contributed by atoms with Gasteiger partial charge in [-0.25, -0.2) is 0 Å². The van der Waals surface area contributed by atoms with Crippen molar-refractivity contribution < 1.29 is 29.0 Å². The molecule has 0 aliphatic heterocycles. The lowest BCUT2D eigenvalue weighted by molar-refractivity contribution is -0.164. The smallest absolute Gasteiger partial charge is 0.311 e. The van der Waals surface area contributed by atoms with Gasteiger partial charge in [-0.05, 0) is 83.1 Å². The van der Waals surface area contributed by atoms with Gasteiger partial charge in [0.25, 0.3) is 0 Å². The second kappa shape index (κ2) is 10.5. The lowest BCUT2D eigenvalue weighted by atomic mass is 9.97. The molecule has 0 aliphatic carbocycles. The van der Waals surface area contributed by atoms with Crippen LogP contribution in [0.15, 0.2) is 0 Å². The van der Waals surface area contributed by atoms with E-state index in [0.717, 1.165) is 0 Å². The molecular formula is C20H40O6. The van der Waals surface area contributed by atoms with Gasteiger partial charge in [0.2, 0.25) is 0 Å². The van der Waals surface area contributed by atoms with Crippen LogP contribution < -0.4 is 0 Å². The second-order valence-corrected chi connectivity index (χ2v) is 10.0. The molecule has 0 aromatic carbocycles. The van der Waals surface area contributed by atoms with Crippen LogP contribution in [0.1, 0.15) is 83.1 Å². The molecule has 0 bridgehead atoms. The average molecular weight is 377 g/mol. The summed E-state index contributed by atoms with van der Waals surface area (Å²) in [6, 6.07) is 0. The van der Waals surface area contributed by atoms with Gasteiger partial charge in [-0.3, -0.25) is 14.4 Å². The van der Waals surface area contributed by atoms with Crippen LogP contribution in [-0.2, 0) is 23.9 Å². The van der Waals surface area contributed by atoms with E-state index in [1.54, 1.807) is 20.8 Å². The molecule has 0 unspecified atom stereocenters. The fraction of sp³-hybridized carbons (Fsp3) is 0.850. The van der Waals surface area contributed by atoms with Crippen molar-refractivity contribution in [1.29, 1.82) is 0 Å². The molecule has 0 rings (SSSR count). The molecular weight excluding hydrogens is 336 g/mol. The Morgan fingerprint density at radius 2 is 0.885 bits per heavy atom. The number of hydrogen-bond acceptors (Lipinski definition) is 5. The van der Waals surface area contributed by atoms with Crippen LogP contribution >= 0.6 is 0 Å². The molecule has 0 aromatic rings. The van der Waals surface area contributed by atoms with Crippen LogP contribution in [0.5, 0.6) is 0 Å². The Balaban J connectivity index is -0.000000315. The molecule has 0 aliphatic rings. The third-order valence-electron chi connectivity index (χ3n) is 2.45. The molecule has 0 amide bonds. The summed E-state index contributed by atoms with van der Waals surface area (Å²) >= 11 is 0. The van der Waals surface area contributed by atoms with Crippen LogP contribution in [0.4, 0.5) is 0 Å². The van der Waals surface area contributed by atoms with E-state index in [-0.39, 0.29) is 23.0 Å². The number of aliphatic carboxylic acids is 1. The summed E-state index contributed by atoms with van der Waals surface area (Å²) in [5, 5.41) is 8.25. The van der Waals surface area contributed by atoms with Crippen molar-refractivity contribution in [2.24, 2.45) is 16.2 Å². The predicted octanol–water partition coefficient (Wildman–Crippen LogP) is 4.70. The maximum absolute atomic E-state index is 11.3. The number of hydrogen-bond donors (Lipinski definition) is 1. The Labute approximate surface area is 159 Å². The molecule has 6 nitrogen and oxygen atoms in total. The Kier molecular flexibility index (Phi) is 11.8. The zero-order valence-electron chi connectivity index (χ0n) is 19.0. The number of carbonyl (C=O) groups excluding carboxylic acids is 2. The Morgan fingerprint density at radius 1 is 0.615 bits per heavy atom. The summed E-state index contributed by atoms with van der Waals surface area (Å²) < 4.78 is 9.64. The van der Waals surface area contributed by atoms with Crippen molar-refractivity contribution in [3.8, 4) is 0 Å². The molecule has 0 saturated carbocycles. The standard InChI is InChI=1S/C9H18O2.C6H12O2.C5H10O2/c1-8(2,3)7(10)11-9(4,5)6;1-6(2,3)5(7)8-4;1-5(2,3)4(6)7/h1-6H3;1-4H3;1-3H3,(H,6,7). The first-order chi connectivity index (χ1) is 11.1. The van der Waals surface area contributed by atoms with E-state index < -0.39 is 16.8 Å². The maximum atomic E-state index is 11.3. The maximum Gasteiger partial charge on any atom is 0.311 e. The molecule has 0 spiro atoms. The number of esters is 2. The number of rotatable bonds is 0. The Morgan fingerprint density at radius 3 is 0.923 bits per heavy atom. The van der Waals surface area contributed by atoms with E-state index in [4.69, 9.17) is 9.84 Å². The first-order valence-corrected chi connectivity index (χ1v) is 8.61. The first-order valence-electron chi connectivity index (χ1n) is 8.61. The molecule has 0 radical (unpaired) electrons. The molecule has 1 N–H and O–H groups in total. The minimum Gasteiger partial charge on any atom is -0.481 e. The minimum absolute atomic E-state index is 0.148. The van der Waals surface area contributed by atoms with Gasteiger partial charge in [0.1, 0.15) is 5.60 Å². The number of carbonyl (C=O) groups is 3. The second-order valence-electron chi connectivity index (χ2n) is 10.0.